The molecule has 0 spiro atoms. The van der Waals surface area contributed by atoms with E-state index in [4.69, 9.17) is 14.6 Å². The van der Waals surface area contributed by atoms with Gasteiger partial charge in [-0.1, -0.05) is 24.6 Å². The van der Waals surface area contributed by atoms with Crippen LogP contribution in [0.1, 0.15) is 72.1 Å². The molecule has 0 saturated heterocycles. The number of phosphoric acid groups is 1. The fourth-order valence-corrected chi connectivity index (χ4v) is 7.71. The van der Waals surface area contributed by atoms with E-state index in [1.165, 1.54) is 24.8 Å². The minimum atomic E-state index is -4.55. The molecule has 4 aliphatic carbocycles. The maximum absolute atomic E-state index is 12.0. The summed E-state index contributed by atoms with van der Waals surface area (Å²) < 4.78 is 15.1. The van der Waals surface area contributed by atoms with Crippen LogP contribution in [0.25, 0.3) is 0 Å². The van der Waals surface area contributed by atoms with Crippen LogP contribution in [0.3, 0.4) is 0 Å². The zero-order chi connectivity index (χ0) is 21.7. The maximum Gasteiger partial charge on any atom is 0.472 e. The molecule has 0 bridgehead atoms. The lowest BCUT2D eigenvalue weighted by atomic mass is 9.46. The first-order valence-corrected chi connectivity index (χ1v) is 12.7. The van der Waals surface area contributed by atoms with E-state index in [0.717, 1.165) is 31.4 Å². The minimum absolute atomic E-state index is 0.171. The quantitative estimate of drug-likeness (QED) is 0.213. The second-order valence-corrected chi connectivity index (χ2v) is 11.5. The summed E-state index contributed by atoms with van der Waals surface area (Å²) >= 11 is 0. The topological polar surface area (TPSA) is 105 Å². The van der Waals surface area contributed by atoms with Gasteiger partial charge in [-0.2, -0.15) is 0 Å². The summed E-state index contributed by atoms with van der Waals surface area (Å²) in [7, 11) is -4.55. The molecule has 0 aliphatic heterocycles. The van der Waals surface area contributed by atoms with Crippen molar-refractivity contribution in [3.8, 4) is 0 Å². The molecule has 3 fully saturated rings. The molecule has 0 radical (unpaired) electrons. The zero-order valence-electron chi connectivity index (χ0n) is 18.2. The fourth-order valence-electron chi connectivity index (χ4n) is 7.53. The molecule has 0 aromatic heterocycles. The Labute approximate surface area is 178 Å². The SMILES string of the molecule is C/C(=N\OCOP(=O)(O)O)C1CCC2C3CCC4=CC(=O)CCC4(C)C3CCC12C. The molecule has 0 amide bonds. The molecule has 168 valence electrons. The third-order valence-corrected chi connectivity index (χ3v) is 9.39. The van der Waals surface area contributed by atoms with Crippen molar-refractivity contribution in [2.75, 3.05) is 6.79 Å². The number of allylic oxidation sites excluding steroid dienone is 1. The lowest BCUT2D eigenvalue weighted by molar-refractivity contribution is -0.117. The van der Waals surface area contributed by atoms with Crippen molar-refractivity contribution in [3.05, 3.63) is 11.6 Å². The van der Waals surface area contributed by atoms with Crippen molar-refractivity contribution in [1.29, 1.82) is 0 Å². The maximum atomic E-state index is 12.0. The summed E-state index contributed by atoms with van der Waals surface area (Å²) in [4.78, 5) is 34.5. The van der Waals surface area contributed by atoms with Crippen molar-refractivity contribution in [3.63, 3.8) is 0 Å². The smallest absolute Gasteiger partial charge is 0.367 e. The average Bonchev–Trinajstić information content (AvgIpc) is 3.02. The molecule has 7 nitrogen and oxygen atoms in total. The van der Waals surface area contributed by atoms with E-state index in [-0.39, 0.29) is 10.8 Å². The summed E-state index contributed by atoms with van der Waals surface area (Å²) in [5, 5.41) is 4.14. The van der Waals surface area contributed by atoms with Gasteiger partial charge in [-0.3, -0.25) is 4.79 Å². The average molecular weight is 439 g/mol. The number of hydrogen-bond donors (Lipinski definition) is 2. The van der Waals surface area contributed by atoms with E-state index >= 15 is 0 Å². The lowest BCUT2D eigenvalue weighted by Gasteiger charge is -2.58. The number of nitrogens with zero attached hydrogens (tertiary/aromatic N) is 1. The molecule has 6 atom stereocenters. The molecule has 4 rings (SSSR count). The number of fused-ring (bicyclic) bond motifs is 5. The van der Waals surface area contributed by atoms with Crippen molar-refractivity contribution < 1.29 is 28.5 Å². The van der Waals surface area contributed by atoms with Gasteiger partial charge < -0.3 is 14.6 Å². The van der Waals surface area contributed by atoms with Crippen LogP contribution in [-0.2, 0) is 18.7 Å². The molecule has 2 N–H and O–H groups in total. The van der Waals surface area contributed by atoms with E-state index in [0.29, 0.717) is 35.9 Å². The number of rotatable bonds is 5. The molecule has 30 heavy (non-hydrogen) atoms. The molecule has 0 heterocycles. The monoisotopic (exact) mass is 439 g/mol. The van der Waals surface area contributed by atoms with Gasteiger partial charge >= 0.3 is 7.82 Å². The van der Waals surface area contributed by atoms with E-state index < -0.39 is 14.6 Å². The number of ketones is 1. The number of oxime groups is 1. The van der Waals surface area contributed by atoms with Gasteiger partial charge in [0.15, 0.2) is 5.78 Å². The Kier molecular flexibility index (Phi) is 5.80. The van der Waals surface area contributed by atoms with Gasteiger partial charge in [-0.15, -0.1) is 0 Å². The normalized spacial score (nSPS) is 41.6. The summed E-state index contributed by atoms with van der Waals surface area (Å²) in [5.74, 6) is 2.62. The Balaban J connectivity index is 1.48. The number of hydrogen-bond acceptors (Lipinski definition) is 5. The third kappa shape index (κ3) is 3.83. The van der Waals surface area contributed by atoms with Gasteiger partial charge in [0.25, 0.3) is 0 Å². The van der Waals surface area contributed by atoms with Crippen molar-refractivity contribution in [1.82, 2.24) is 0 Å². The number of carbonyl (C=O) groups is 1. The number of phosphoric ester groups is 1. The summed E-state index contributed by atoms with van der Waals surface area (Å²) in [6.07, 6.45) is 10.5. The van der Waals surface area contributed by atoms with Gasteiger partial charge in [0.1, 0.15) is 0 Å². The summed E-state index contributed by atoms with van der Waals surface area (Å²) in [6.45, 7) is 6.20. The second-order valence-electron chi connectivity index (χ2n) is 10.2. The minimum Gasteiger partial charge on any atom is -0.367 e. The van der Waals surface area contributed by atoms with Crippen molar-refractivity contribution >= 4 is 19.3 Å². The van der Waals surface area contributed by atoms with Gasteiger partial charge in [-0.05, 0) is 86.5 Å². The molecule has 8 heteroatoms. The molecule has 0 aromatic carbocycles. The van der Waals surface area contributed by atoms with Crippen LogP contribution in [0.5, 0.6) is 0 Å². The van der Waals surface area contributed by atoms with Gasteiger partial charge in [0.2, 0.25) is 6.79 Å². The summed E-state index contributed by atoms with van der Waals surface area (Å²) in [6, 6.07) is 0. The predicted molar refractivity (Wildman–Crippen MR) is 112 cm³/mol. The van der Waals surface area contributed by atoms with E-state index in [1.807, 2.05) is 13.0 Å². The second kappa shape index (κ2) is 7.84. The van der Waals surface area contributed by atoms with Crippen LogP contribution < -0.4 is 0 Å². The highest BCUT2D eigenvalue weighted by molar-refractivity contribution is 7.46. The fraction of sp³-hybridized carbons (Fsp3) is 0.818. The van der Waals surface area contributed by atoms with Crippen LogP contribution in [-0.4, -0.2) is 28.1 Å². The van der Waals surface area contributed by atoms with Crippen LogP contribution in [0, 0.1) is 34.5 Å². The van der Waals surface area contributed by atoms with Gasteiger partial charge in [-0.25, -0.2) is 9.09 Å². The molecule has 6 unspecified atom stereocenters. The molecule has 4 aliphatic rings. The Morgan fingerprint density at radius 1 is 1.17 bits per heavy atom. The first kappa shape index (κ1) is 22.2. The summed E-state index contributed by atoms with van der Waals surface area (Å²) in [5.41, 5.74) is 2.64. The van der Waals surface area contributed by atoms with E-state index in [9.17, 15) is 9.36 Å². The first-order chi connectivity index (χ1) is 14.0. The van der Waals surface area contributed by atoms with E-state index in [2.05, 4.69) is 23.5 Å². The standard InChI is InChI=1S/C22H34NO6P/c1-14(23-28-13-29-30(25,26)27)18-6-7-19-17-5-4-15-12-16(24)8-10-21(15,2)20(17)9-11-22(18,19)3/h12,17-20H,4-11,13H2,1-3H3,(H2,25,26,27)/b23-14+. The third-order valence-electron chi connectivity index (χ3n) is 8.95. The zero-order valence-corrected chi connectivity index (χ0v) is 19.1. The lowest BCUT2D eigenvalue weighted by Crippen LogP contribution is -2.51. The Bertz CT molecular complexity index is 818. The van der Waals surface area contributed by atoms with Gasteiger partial charge in [0.05, 0.1) is 5.71 Å². The predicted octanol–water partition coefficient (Wildman–Crippen LogP) is 4.59. The Hall–Kier alpha value is -1.01. The Morgan fingerprint density at radius 2 is 1.93 bits per heavy atom. The van der Waals surface area contributed by atoms with Gasteiger partial charge in [0, 0.05) is 12.3 Å². The van der Waals surface area contributed by atoms with Crippen molar-refractivity contribution in [2.45, 2.75) is 72.1 Å². The van der Waals surface area contributed by atoms with Crippen molar-refractivity contribution in [2.24, 2.45) is 39.7 Å². The van der Waals surface area contributed by atoms with Crippen LogP contribution >= 0.6 is 7.82 Å². The molecular weight excluding hydrogens is 405 g/mol. The molecule has 0 aromatic rings. The Morgan fingerprint density at radius 3 is 2.67 bits per heavy atom. The largest absolute Gasteiger partial charge is 0.472 e. The molecular formula is C22H34NO6P. The molecule has 3 saturated carbocycles. The van der Waals surface area contributed by atoms with E-state index in [1.54, 1.807) is 0 Å². The first-order valence-electron chi connectivity index (χ1n) is 11.1. The highest BCUT2D eigenvalue weighted by atomic mass is 31.2. The highest BCUT2D eigenvalue weighted by Gasteiger charge is 2.59. The van der Waals surface area contributed by atoms with Crippen LogP contribution in [0.2, 0.25) is 0 Å². The highest BCUT2D eigenvalue weighted by Crippen LogP contribution is 2.66. The van der Waals surface area contributed by atoms with Crippen LogP contribution in [0.4, 0.5) is 0 Å². The van der Waals surface area contributed by atoms with Crippen LogP contribution in [0.15, 0.2) is 16.8 Å². The number of carbonyl (C=O) groups excluding carboxylic acids is 1.